The first-order chi connectivity index (χ1) is 3.85. The molecule has 0 spiro atoms. The number of allylic oxidation sites excluding steroid dienone is 2. The molecule has 0 aromatic heterocycles. The summed E-state index contributed by atoms with van der Waals surface area (Å²) in [7, 11) is 0. The maximum atomic E-state index is 5.04. The van der Waals surface area contributed by atoms with E-state index in [2.05, 4.69) is 10.9 Å². The minimum Gasteiger partial charge on any atom is -0.253 e. The van der Waals surface area contributed by atoms with E-state index >= 15 is 0 Å². The van der Waals surface area contributed by atoms with Gasteiger partial charge in [-0.2, -0.15) is 0 Å². The first-order valence-electron chi connectivity index (χ1n) is 2.46. The zero-order chi connectivity index (χ0) is 6.41. The molecule has 0 bridgehead atoms. The van der Waals surface area contributed by atoms with E-state index in [-0.39, 0.29) is 0 Å². The molecule has 0 atom stereocenters. The monoisotopic (exact) mass is 107 g/mol. The van der Waals surface area contributed by atoms with Crippen LogP contribution < -0.4 is 0 Å². The van der Waals surface area contributed by atoms with Gasteiger partial charge in [0.05, 0.1) is 0 Å². The van der Waals surface area contributed by atoms with Crippen molar-refractivity contribution in [3.63, 3.8) is 0 Å². The van der Waals surface area contributed by atoms with E-state index < -0.39 is 0 Å². The molecule has 0 rings (SSSR count). The lowest BCUT2D eigenvalue weighted by Gasteiger charge is -1.81. The highest BCUT2D eigenvalue weighted by Gasteiger charge is 1.76. The molecule has 0 aliphatic heterocycles. The Hall–Kier alpha value is -1.03. The van der Waals surface area contributed by atoms with E-state index in [4.69, 9.17) is 6.42 Å². The Balaban J connectivity index is 3.98. The smallest absolute Gasteiger partial charge is 0.108 e. The Morgan fingerprint density at radius 1 is 1.62 bits per heavy atom. The molecule has 0 heterocycles. The first-order valence-corrected chi connectivity index (χ1v) is 2.46. The van der Waals surface area contributed by atoms with E-state index in [1.807, 2.05) is 13.8 Å². The largest absolute Gasteiger partial charge is 0.253 e. The predicted octanol–water partition coefficient (Wildman–Crippen LogP) is 1.61. The second-order valence-electron chi connectivity index (χ2n) is 1.21. The molecule has 0 fully saturated rings. The van der Waals surface area contributed by atoms with E-state index in [0.29, 0.717) is 5.70 Å². The quantitative estimate of drug-likeness (QED) is 0.356. The molecule has 0 amide bonds. The lowest BCUT2D eigenvalue weighted by molar-refractivity contribution is 1.43. The highest BCUT2D eigenvalue weighted by Crippen LogP contribution is 1.89. The third-order valence-corrected chi connectivity index (χ3v) is 0.690. The van der Waals surface area contributed by atoms with Crippen molar-refractivity contribution < 1.29 is 0 Å². The van der Waals surface area contributed by atoms with Crippen LogP contribution in [0.3, 0.4) is 0 Å². The van der Waals surface area contributed by atoms with Crippen LogP contribution in [0.25, 0.3) is 0 Å². The van der Waals surface area contributed by atoms with Crippen molar-refractivity contribution in [2.45, 2.75) is 13.8 Å². The topological polar surface area (TPSA) is 12.4 Å². The molecule has 0 N–H and O–H groups in total. The van der Waals surface area contributed by atoms with Crippen LogP contribution >= 0.6 is 0 Å². The second-order valence-corrected chi connectivity index (χ2v) is 1.21. The Morgan fingerprint density at radius 3 is 2.38 bits per heavy atom. The van der Waals surface area contributed by atoms with Crippen LogP contribution in [-0.4, -0.2) is 6.21 Å². The van der Waals surface area contributed by atoms with Crippen LogP contribution in [0.5, 0.6) is 0 Å². The summed E-state index contributed by atoms with van der Waals surface area (Å²) in [4.78, 5) is 3.86. The Kier molecular flexibility index (Phi) is 3.60. The van der Waals surface area contributed by atoms with Gasteiger partial charge in [0, 0.05) is 6.21 Å². The molecule has 0 saturated carbocycles. The van der Waals surface area contributed by atoms with E-state index in [9.17, 15) is 0 Å². The predicted molar refractivity (Wildman–Crippen MR) is 36.8 cm³/mol. The average Bonchev–Trinajstić information content (AvgIpc) is 1.83. The van der Waals surface area contributed by atoms with Crippen LogP contribution in [0, 0.1) is 12.3 Å². The van der Waals surface area contributed by atoms with Gasteiger partial charge in [-0.15, -0.1) is 6.42 Å². The second kappa shape index (κ2) is 4.14. The minimum absolute atomic E-state index is 0.688. The first kappa shape index (κ1) is 6.97. The number of nitrogens with zero attached hydrogens (tertiary/aromatic N) is 1. The van der Waals surface area contributed by atoms with Crippen molar-refractivity contribution >= 4 is 6.21 Å². The number of terminal acetylenes is 1. The molecule has 8 heavy (non-hydrogen) atoms. The number of aliphatic imine (C=N–C) groups is 1. The molecule has 0 aliphatic carbocycles. The number of rotatable bonds is 1. The summed E-state index contributed by atoms with van der Waals surface area (Å²) in [5, 5.41) is 0. The van der Waals surface area contributed by atoms with Crippen molar-refractivity contribution in [1.82, 2.24) is 0 Å². The summed E-state index contributed by atoms with van der Waals surface area (Å²) in [6.07, 6.45) is 8.50. The fourth-order valence-corrected chi connectivity index (χ4v) is 0.334. The maximum absolute atomic E-state index is 5.04. The molecule has 0 saturated heterocycles. The van der Waals surface area contributed by atoms with Gasteiger partial charge in [0.25, 0.3) is 0 Å². The van der Waals surface area contributed by atoms with Gasteiger partial charge in [-0.1, -0.05) is 12.0 Å². The number of hydrogen-bond acceptors (Lipinski definition) is 1. The van der Waals surface area contributed by atoms with E-state index in [0.717, 1.165) is 0 Å². The molecule has 1 heteroatoms. The van der Waals surface area contributed by atoms with Gasteiger partial charge in [-0.05, 0) is 13.8 Å². The zero-order valence-corrected chi connectivity index (χ0v) is 5.18. The molecule has 1 nitrogen and oxygen atoms in total. The molecule has 0 unspecified atom stereocenters. The molecule has 0 aromatic rings. The molecular formula is C7H9N. The summed E-state index contributed by atoms with van der Waals surface area (Å²) >= 11 is 0. The zero-order valence-electron chi connectivity index (χ0n) is 5.18. The van der Waals surface area contributed by atoms with Gasteiger partial charge in [-0.3, -0.25) is 4.99 Å². The molecular weight excluding hydrogens is 98.1 g/mol. The standard InChI is InChI=1S/C7H9N/c1-4-7(5-2)8-6-3/h1,5-6H,2-3H3/b7-5-,8-6?. The highest BCUT2D eigenvalue weighted by molar-refractivity contribution is 5.56. The summed E-state index contributed by atoms with van der Waals surface area (Å²) in [6, 6.07) is 0. The Morgan fingerprint density at radius 2 is 2.25 bits per heavy atom. The SMILES string of the molecule is C#C/C(=C/C)N=CC. The third-order valence-electron chi connectivity index (χ3n) is 0.690. The lowest BCUT2D eigenvalue weighted by Crippen LogP contribution is -1.68. The summed E-state index contributed by atoms with van der Waals surface area (Å²) in [5.74, 6) is 2.42. The van der Waals surface area contributed by atoms with Crippen molar-refractivity contribution in [2.75, 3.05) is 0 Å². The van der Waals surface area contributed by atoms with Gasteiger partial charge < -0.3 is 0 Å². The van der Waals surface area contributed by atoms with Crippen LogP contribution in [-0.2, 0) is 0 Å². The summed E-state index contributed by atoms with van der Waals surface area (Å²) < 4.78 is 0. The molecule has 0 aromatic carbocycles. The molecule has 0 aliphatic rings. The molecule has 0 radical (unpaired) electrons. The van der Waals surface area contributed by atoms with Crippen LogP contribution in [0.1, 0.15) is 13.8 Å². The normalized spacial score (nSPS) is 11.9. The van der Waals surface area contributed by atoms with Gasteiger partial charge in [0.1, 0.15) is 5.70 Å². The molecule has 42 valence electrons. The van der Waals surface area contributed by atoms with Crippen LogP contribution in [0.2, 0.25) is 0 Å². The van der Waals surface area contributed by atoms with Crippen molar-refractivity contribution in [3.05, 3.63) is 11.8 Å². The van der Waals surface area contributed by atoms with Crippen molar-refractivity contribution in [3.8, 4) is 12.3 Å². The summed E-state index contributed by atoms with van der Waals surface area (Å²) in [6.45, 7) is 3.70. The van der Waals surface area contributed by atoms with Gasteiger partial charge >= 0.3 is 0 Å². The van der Waals surface area contributed by atoms with Crippen molar-refractivity contribution in [1.29, 1.82) is 0 Å². The summed E-state index contributed by atoms with van der Waals surface area (Å²) in [5.41, 5.74) is 0.688. The Labute approximate surface area is 50.1 Å². The lowest BCUT2D eigenvalue weighted by atomic mass is 10.4. The van der Waals surface area contributed by atoms with E-state index in [1.54, 1.807) is 12.3 Å². The van der Waals surface area contributed by atoms with Gasteiger partial charge in [0.2, 0.25) is 0 Å². The van der Waals surface area contributed by atoms with Gasteiger partial charge in [-0.25, -0.2) is 0 Å². The minimum atomic E-state index is 0.688. The Bertz CT molecular complexity index is 146. The third kappa shape index (κ3) is 2.20. The fraction of sp³-hybridized carbons (Fsp3) is 0.286. The maximum Gasteiger partial charge on any atom is 0.108 e. The van der Waals surface area contributed by atoms with Crippen LogP contribution in [0.15, 0.2) is 16.8 Å². The van der Waals surface area contributed by atoms with E-state index in [1.165, 1.54) is 0 Å². The number of hydrogen-bond donors (Lipinski definition) is 0. The average molecular weight is 107 g/mol. The highest BCUT2D eigenvalue weighted by atomic mass is 14.7. The fourth-order valence-electron chi connectivity index (χ4n) is 0.334. The van der Waals surface area contributed by atoms with Crippen LogP contribution in [0.4, 0.5) is 0 Å². The van der Waals surface area contributed by atoms with Crippen molar-refractivity contribution in [2.24, 2.45) is 4.99 Å². The van der Waals surface area contributed by atoms with Gasteiger partial charge in [0.15, 0.2) is 0 Å².